The highest BCUT2D eigenvalue weighted by molar-refractivity contribution is 9.10. The first-order valence-corrected chi connectivity index (χ1v) is 11.3. The highest BCUT2D eigenvalue weighted by Gasteiger charge is 2.12. The molecule has 1 N–H and O–H groups in total. The van der Waals surface area contributed by atoms with Crippen LogP contribution >= 0.6 is 15.9 Å². The molecule has 0 unspecified atom stereocenters. The van der Waals surface area contributed by atoms with Gasteiger partial charge in [0.1, 0.15) is 23.7 Å². The van der Waals surface area contributed by atoms with Crippen LogP contribution in [0.2, 0.25) is 0 Å². The summed E-state index contributed by atoms with van der Waals surface area (Å²) in [6.07, 6.45) is 1.52. The van der Waals surface area contributed by atoms with E-state index < -0.39 is 5.91 Å². The van der Waals surface area contributed by atoms with Crippen LogP contribution in [0.25, 0.3) is 11.0 Å². The molecule has 4 aromatic rings. The van der Waals surface area contributed by atoms with Crippen LogP contribution in [0.5, 0.6) is 11.5 Å². The van der Waals surface area contributed by atoms with Gasteiger partial charge in [0.25, 0.3) is 0 Å². The highest BCUT2D eigenvalue weighted by Crippen LogP contribution is 2.27. The molecule has 0 aliphatic carbocycles. The van der Waals surface area contributed by atoms with Gasteiger partial charge in [-0.1, -0.05) is 18.2 Å². The zero-order valence-corrected chi connectivity index (χ0v) is 19.8. The van der Waals surface area contributed by atoms with Gasteiger partial charge in [0.2, 0.25) is 0 Å². The number of rotatable bonds is 8. The van der Waals surface area contributed by atoms with Gasteiger partial charge in [-0.2, -0.15) is 10.4 Å². The minimum absolute atomic E-state index is 0.156. The Hall–Kier alpha value is -4.09. The van der Waals surface area contributed by atoms with E-state index >= 15 is 0 Å². The van der Waals surface area contributed by atoms with Crippen molar-refractivity contribution in [3.05, 3.63) is 93.7 Å². The molecule has 1 heterocycles. The standard InChI is InChI=1S/C26H20BrN3O4/c1-2-32-21-8-10-23-20(12-21)13-25(34-23)26(31)30-29-15-17-7-9-24(22(27)11-17)33-16-19-6-4-3-5-18(19)14-28/h3-13,15H,2,16H2,1H3,(H,30,31)/b29-15+. The van der Waals surface area contributed by atoms with E-state index in [0.717, 1.165) is 21.0 Å². The van der Waals surface area contributed by atoms with Crippen LogP contribution in [0.15, 0.2) is 80.7 Å². The molecular formula is C26H20BrN3O4. The summed E-state index contributed by atoms with van der Waals surface area (Å²) in [5.41, 5.74) is 5.21. The SMILES string of the molecule is CCOc1ccc2oc(C(=O)N/N=C/c3ccc(OCc4ccccc4C#N)c(Br)c3)cc2c1. The van der Waals surface area contributed by atoms with Crippen molar-refractivity contribution in [2.24, 2.45) is 5.10 Å². The van der Waals surface area contributed by atoms with E-state index in [0.29, 0.717) is 29.3 Å². The van der Waals surface area contributed by atoms with Crippen molar-refractivity contribution in [1.29, 1.82) is 5.26 Å². The molecule has 0 saturated carbocycles. The number of fused-ring (bicyclic) bond motifs is 1. The number of amides is 1. The van der Waals surface area contributed by atoms with Crippen molar-refractivity contribution in [3.8, 4) is 17.6 Å². The summed E-state index contributed by atoms with van der Waals surface area (Å²) in [6.45, 7) is 2.74. The Morgan fingerprint density at radius 2 is 2.00 bits per heavy atom. The summed E-state index contributed by atoms with van der Waals surface area (Å²) in [7, 11) is 0. The molecule has 0 aliphatic heterocycles. The van der Waals surface area contributed by atoms with Gasteiger partial charge in [0.15, 0.2) is 5.76 Å². The third kappa shape index (κ3) is 5.45. The Kier molecular flexibility index (Phi) is 7.25. The molecular weight excluding hydrogens is 498 g/mol. The number of hydrogen-bond acceptors (Lipinski definition) is 6. The summed E-state index contributed by atoms with van der Waals surface area (Å²) in [4.78, 5) is 12.4. The maximum Gasteiger partial charge on any atom is 0.307 e. The summed E-state index contributed by atoms with van der Waals surface area (Å²) < 4.78 is 17.6. The lowest BCUT2D eigenvalue weighted by atomic mass is 10.1. The van der Waals surface area contributed by atoms with Crippen LogP contribution in [-0.2, 0) is 6.61 Å². The lowest BCUT2D eigenvalue weighted by Gasteiger charge is -2.09. The van der Waals surface area contributed by atoms with E-state index in [1.165, 1.54) is 6.21 Å². The molecule has 0 saturated heterocycles. The average molecular weight is 518 g/mol. The van der Waals surface area contributed by atoms with Gasteiger partial charge in [0.05, 0.1) is 28.9 Å². The molecule has 3 aromatic carbocycles. The lowest BCUT2D eigenvalue weighted by molar-refractivity contribution is 0.0929. The zero-order valence-electron chi connectivity index (χ0n) is 18.2. The van der Waals surface area contributed by atoms with Crippen LogP contribution in [-0.4, -0.2) is 18.7 Å². The van der Waals surface area contributed by atoms with Crippen LogP contribution in [0.4, 0.5) is 0 Å². The minimum Gasteiger partial charge on any atom is -0.494 e. The number of furan rings is 1. The summed E-state index contributed by atoms with van der Waals surface area (Å²) in [6, 6.07) is 21.9. The van der Waals surface area contributed by atoms with Crippen LogP contribution in [0, 0.1) is 11.3 Å². The van der Waals surface area contributed by atoms with Crippen LogP contribution in [0.1, 0.15) is 34.2 Å². The number of nitrogens with one attached hydrogen (secondary N) is 1. The van der Waals surface area contributed by atoms with E-state index in [4.69, 9.17) is 13.9 Å². The normalized spacial score (nSPS) is 10.9. The number of hydrogen-bond donors (Lipinski definition) is 1. The number of ether oxygens (including phenoxy) is 2. The maximum absolute atomic E-state index is 12.4. The molecule has 170 valence electrons. The van der Waals surface area contributed by atoms with E-state index in [-0.39, 0.29) is 12.4 Å². The predicted octanol–water partition coefficient (Wildman–Crippen LogP) is 5.81. The van der Waals surface area contributed by atoms with Gasteiger partial charge in [-0.05, 0) is 76.9 Å². The van der Waals surface area contributed by atoms with Crippen molar-refractivity contribution < 1.29 is 18.7 Å². The number of nitriles is 1. The molecule has 0 fully saturated rings. The van der Waals surface area contributed by atoms with Gasteiger partial charge in [-0.3, -0.25) is 4.79 Å². The molecule has 7 nitrogen and oxygen atoms in total. The van der Waals surface area contributed by atoms with Crippen molar-refractivity contribution in [2.45, 2.75) is 13.5 Å². The fourth-order valence-electron chi connectivity index (χ4n) is 3.24. The topological polar surface area (TPSA) is 96.8 Å². The zero-order chi connectivity index (χ0) is 23.9. The van der Waals surface area contributed by atoms with E-state index in [9.17, 15) is 10.1 Å². The summed E-state index contributed by atoms with van der Waals surface area (Å²) in [5.74, 6) is 1.04. The first-order chi connectivity index (χ1) is 16.6. The minimum atomic E-state index is -0.458. The van der Waals surface area contributed by atoms with Crippen LogP contribution < -0.4 is 14.9 Å². The second kappa shape index (κ2) is 10.7. The monoisotopic (exact) mass is 517 g/mol. The fraction of sp³-hybridized carbons (Fsp3) is 0.115. The number of nitrogens with zero attached hydrogens (tertiary/aromatic N) is 2. The van der Waals surface area contributed by atoms with E-state index in [2.05, 4.69) is 32.5 Å². The van der Waals surface area contributed by atoms with Crippen molar-refractivity contribution in [1.82, 2.24) is 5.43 Å². The second-order valence-corrected chi connectivity index (χ2v) is 8.04. The third-order valence-corrected chi connectivity index (χ3v) is 5.50. The molecule has 4 rings (SSSR count). The molecule has 0 spiro atoms. The van der Waals surface area contributed by atoms with Gasteiger partial charge in [-0.15, -0.1) is 0 Å². The van der Waals surface area contributed by atoms with E-state index in [1.54, 1.807) is 30.3 Å². The van der Waals surface area contributed by atoms with Gasteiger partial charge < -0.3 is 13.9 Å². The quantitative estimate of drug-likeness (QED) is 0.235. The third-order valence-electron chi connectivity index (χ3n) is 4.88. The molecule has 8 heteroatoms. The van der Waals surface area contributed by atoms with Gasteiger partial charge in [-0.25, -0.2) is 5.43 Å². The lowest BCUT2D eigenvalue weighted by Crippen LogP contribution is -2.16. The maximum atomic E-state index is 12.4. The Balaban J connectivity index is 1.37. The number of carbonyl (C=O) groups excluding carboxylic acids is 1. The molecule has 0 aliphatic rings. The molecule has 0 radical (unpaired) electrons. The fourth-order valence-corrected chi connectivity index (χ4v) is 3.75. The van der Waals surface area contributed by atoms with Crippen molar-refractivity contribution in [2.75, 3.05) is 6.61 Å². The Morgan fingerprint density at radius 1 is 1.15 bits per heavy atom. The molecule has 0 bridgehead atoms. The number of hydrazone groups is 1. The molecule has 34 heavy (non-hydrogen) atoms. The Bertz CT molecular complexity index is 1400. The average Bonchev–Trinajstić information content (AvgIpc) is 3.27. The number of carbonyl (C=O) groups is 1. The predicted molar refractivity (Wildman–Crippen MR) is 132 cm³/mol. The molecule has 1 amide bonds. The van der Waals surface area contributed by atoms with Crippen molar-refractivity contribution >= 4 is 39.0 Å². The Labute approximate surface area is 204 Å². The van der Waals surface area contributed by atoms with Crippen LogP contribution in [0.3, 0.4) is 0 Å². The summed E-state index contributed by atoms with van der Waals surface area (Å²) >= 11 is 3.49. The smallest absolute Gasteiger partial charge is 0.307 e. The van der Waals surface area contributed by atoms with Crippen molar-refractivity contribution in [3.63, 3.8) is 0 Å². The molecule has 1 aromatic heterocycles. The van der Waals surface area contributed by atoms with E-state index in [1.807, 2.05) is 43.3 Å². The summed E-state index contributed by atoms with van der Waals surface area (Å²) in [5, 5.41) is 14.0. The first kappa shape index (κ1) is 23.1. The number of benzene rings is 3. The number of halogens is 1. The largest absolute Gasteiger partial charge is 0.494 e. The van der Waals surface area contributed by atoms with Gasteiger partial charge >= 0.3 is 5.91 Å². The highest BCUT2D eigenvalue weighted by atomic mass is 79.9. The second-order valence-electron chi connectivity index (χ2n) is 7.19. The first-order valence-electron chi connectivity index (χ1n) is 10.5. The Morgan fingerprint density at radius 3 is 2.79 bits per heavy atom. The van der Waals surface area contributed by atoms with Gasteiger partial charge in [0, 0.05) is 10.9 Å². The molecule has 0 atom stereocenters.